The molecule has 1 N–H and O–H groups in total. The first-order valence-corrected chi connectivity index (χ1v) is 8.58. The number of carbonyl (C=O) groups is 1. The van der Waals surface area contributed by atoms with Crippen molar-refractivity contribution < 1.29 is 4.79 Å². The maximum Gasteiger partial charge on any atom is 0.322 e. The molecular formula is C16H25N3OS. The second-order valence-corrected chi connectivity index (χ2v) is 6.99. The van der Waals surface area contributed by atoms with Gasteiger partial charge < -0.3 is 15.1 Å². The van der Waals surface area contributed by atoms with Crippen LogP contribution in [0.15, 0.2) is 24.3 Å². The molecular weight excluding hydrogens is 282 g/mol. The molecule has 0 bridgehead atoms. The number of hydrogen-bond acceptors (Lipinski definition) is 3. The van der Waals surface area contributed by atoms with E-state index in [0.29, 0.717) is 0 Å². The quantitative estimate of drug-likeness (QED) is 0.932. The largest absolute Gasteiger partial charge is 0.322 e. The van der Waals surface area contributed by atoms with Crippen LogP contribution < -0.4 is 5.32 Å². The monoisotopic (exact) mass is 307 g/mol. The topological polar surface area (TPSA) is 35.6 Å². The van der Waals surface area contributed by atoms with E-state index in [1.807, 2.05) is 47.9 Å². The summed E-state index contributed by atoms with van der Waals surface area (Å²) < 4.78 is 0. The second kappa shape index (κ2) is 7.71. The van der Waals surface area contributed by atoms with Crippen molar-refractivity contribution in [3.05, 3.63) is 29.8 Å². The van der Waals surface area contributed by atoms with E-state index in [-0.39, 0.29) is 12.1 Å². The third-order valence-corrected chi connectivity index (χ3v) is 4.74. The van der Waals surface area contributed by atoms with Crippen molar-refractivity contribution in [1.82, 2.24) is 9.80 Å². The zero-order chi connectivity index (χ0) is 15.2. The number of anilines is 1. The van der Waals surface area contributed by atoms with Crippen LogP contribution in [0.4, 0.5) is 10.5 Å². The van der Waals surface area contributed by atoms with Crippen LogP contribution in [0.1, 0.15) is 12.0 Å². The lowest BCUT2D eigenvalue weighted by atomic mass is 10.2. The smallest absolute Gasteiger partial charge is 0.319 e. The molecule has 1 fully saturated rings. The molecule has 1 aromatic rings. The lowest BCUT2D eigenvalue weighted by molar-refractivity contribution is 0.180. The van der Waals surface area contributed by atoms with Crippen molar-refractivity contribution >= 4 is 23.5 Å². The maximum absolute atomic E-state index is 12.6. The van der Waals surface area contributed by atoms with E-state index in [4.69, 9.17) is 0 Å². The predicted molar refractivity (Wildman–Crippen MR) is 91.2 cm³/mol. The highest BCUT2D eigenvalue weighted by molar-refractivity contribution is 7.99. The molecule has 0 aliphatic carbocycles. The number of amides is 2. The third-order valence-electron chi connectivity index (χ3n) is 3.54. The molecule has 1 unspecified atom stereocenters. The molecule has 1 atom stereocenters. The summed E-state index contributed by atoms with van der Waals surface area (Å²) in [4.78, 5) is 16.8. The van der Waals surface area contributed by atoms with E-state index in [9.17, 15) is 4.79 Å². The number of nitrogens with zero attached hydrogens (tertiary/aromatic N) is 2. The summed E-state index contributed by atoms with van der Waals surface area (Å²) in [6.45, 7) is 3.78. The SMILES string of the molecule is Cc1cccc(NC(=O)N2CCCSCC2CN(C)C)c1. The van der Waals surface area contributed by atoms with Gasteiger partial charge in [0.05, 0.1) is 6.04 Å². The van der Waals surface area contributed by atoms with Gasteiger partial charge in [0.2, 0.25) is 0 Å². The minimum atomic E-state index is 0.0231. The number of rotatable bonds is 3. The van der Waals surface area contributed by atoms with Gasteiger partial charge in [-0.05, 0) is 50.9 Å². The van der Waals surface area contributed by atoms with E-state index < -0.39 is 0 Å². The minimum absolute atomic E-state index is 0.0231. The van der Waals surface area contributed by atoms with Crippen LogP contribution in [0.5, 0.6) is 0 Å². The molecule has 5 heteroatoms. The molecule has 0 saturated carbocycles. The summed E-state index contributed by atoms with van der Waals surface area (Å²) >= 11 is 1.95. The van der Waals surface area contributed by atoms with Gasteiger partial charge in [-0.3, -0.25) is 0 Å². The molecule has 21 heavy (non-hydrogen) atoms. The van der Waals surface area contributed by atoms with Gasteiger partial charge in [0, 0.05) is 24.5 Å². The normalized spacial score (nSPS) is 19.4. The van der Waals surface area contributed by atoms with Gasteiger partial charge in [-0.25, -0.2) is 4.79 Å². The zero-order valence-electron chi connectivity index (χ0n) is 13.1. The Morgan fingerprint density at radius 3 is 3.00 bits per heavy atom. The first kappa shape index (κ1) is 16.2. The highest BCUT2D eigenvalue weighted by Gasteiger charge is 2.26. The van der Waals surface area contributed by atoms with Crippen LogP contribution in [0.3, 0.4) is 0 Å². The van der Waals surface area contributed by atoms with Crippen LogP contribution in [-0.2, 0) is 0 Å². The molecule has 0 aromatic heterocycles. The average Bonchev–Trinajstić information content (AvgIpc) is 2.63. The minimum Gasteiger partial charge on any atom is -0.319 e. The van der Waals surface area contributed by atoms with Gasteiger partial charge in [0.25, 0.3) is 0 Å². The van der Waals surface area contributed by atoms with Gasteiger partial charge in [-0.15, -0.1) is 0 Å². The van der Waals surface area contributed by atoms with E-state index in [1.54, 1.807) is 0 Å². The summed E-state index contributed by atoms with van der Waals surface area (Å²) in [6.07, 6.45) is 1.07. The predicted octanol–water partition coefficient (Wildman–Crippen LogP) is 2.90. The molecule has 116 valence electrons. The van der Waals surface area contributed by atoms with E-state index >= 15 is 0 Å². The fourth-order valence-electron chi connectivity index (χ4n) is 2.59. The van der Waals surface area contributed by atoms with Crippen LogP contribution in [0, 0.1) is 6.92 Å². The van der Waals surface area contributed by atoms with Crippen LogP contribution >= 0.6 is 11.8 Å². The fraction of sp³-hybridized carbons (Fsp3) is 0.562. The molecule has 1 saturated heterocycles. The van der Waals surface area contributed by atoms with Crippen molar-refractivity contribution in [2.45, 2.75) is 19.4 Å². The van der Waals surface area contributed by atoms with E-state index in [1.165, 1.54) is 0 Å². The Bertz CT molecular complexity index is 478. The summed E-state index contributed by atoms with van der Waals surface area (Å²) in [5.74, 6) is 2.15. The maximum atomic E-state index is 12.6. The van der Waals surface area contributed by atoms with Gasteiger partial charge in [0.1, 0.15) is 0 Å². The third kappa shape index (κ3) is 4.93. The Morgan fingerprint density at radius 1 is 1.48 bits per heavy atom. The fourth-order valence-corrected chi connectivity index (χ4v) is 3.64. The molecule has 1 aliphatic heterocycles. The highest BCUT2D eigenvalue weighted by Crippen LogP contribution is 2.19. The number of hydrogen-bond donors (Lipinski definition) is 1. The number of aryl methyl sites for hydroxylation is 1. The summed E-state index contributed by atoms with van der Waals surface area (Å²) in [6, 6.07) is 8.25. The van der Waals surface area contributed by atoms with Crippen molar-refractivity contribution in [3.8, 4) is 0 Å². The second-order valence-electron chi connectivity index (χ2n) is 5.84. The van der Waals surface area contributed by atoms with Gasteiger partial charge in [-0.2, -0.15) is 11.8 Å². The number of likely N-dealkylation sites (N-methyl/N-ethyl adjacent to an activating group) is 1. The lowest BCUT2D eigenvalue weighted by Crippen LogP contribution is -2.48. The summed E-state index contributed by atoms with van der Waals surface area (Å²) in [5.41, 5.74) is 2.03. The van der Waals surface area contributed by atoms with Crippen LogP contribution in [0.25, 0.3) is 0 Å². The Labute approximate surface area is 131 Å². The van der Waals surface area contributed by atoms with E-state index in [2.05, 4.69) is 24.3 Å². The molecule has 1 aliphatic rings. The molecule has 1 heterocycles. The summed E-state index contributed by atoms with van der Waals surface area (Å²) in [5, 5.41) is 3.04. The van der Waals surface area contributed by atoms with Gasteiger partial charge in [-0.1, -0.05) is 12.1 Å². The van der Waals surface area contributed by atoms with Gasteiger partial charge in [0.15, 0.2) is 0 Å². The Kier molecular flexibility index (Phi) is 5.94. The van der Waals surface area contributed by atoms with Crippen LogP contribution in [0.2, 0.25) is 0 Å². The average molecular weight is 307 g/mol. The molecule has 0 spiro atoms. The Balaban J connectivity index is 2.06. The molecule has 4 nitrogen and oxygen atoms in total. The number of urea groups is 1. The molecule has 2 amide bonds. The van der Waals surface area contributed by atoms with Crippen molar-refractivity contribution in [2.75, 3.05) is 44.0 Å². The molecule has 1 aromatic carbocycles. The first-order valence-electron chi connectivity index (χ1n) is 7.43. The first-order chi connectivity index (χ1) is 10.1. The number of carbonyl (C=O) groups excluding carboxylic acids is 1. The van der Waals surface area contributed by atoms with Gasteiger partial charge >= 0.3 is 6.03 Å². The molecule has 2 rings (SSSR count). The zero-order valence-corrected chi connectivity index (χ0v) is 13.9. The van der Waals surface area contributed by atoms with Crippen molar-refractivity contribution in [1.29, 1.82) is 0 Å². The van der Waals surface area contributed by atoms with Crippen LogP contribution in [-0.4, -0.2) is 60.6 Å². The standard InChI is InChI=1S/C16H25N3OS/c1-13-6-4-7-14(10-13)17-16(20)19-8-5-9-21-12-15(19)11-18(2)3/h4,6-7,10,15H,5,8-9,11-12H2,1-3H3,(H,17,20). The Morgan fingerprint density at radius 2 is 2.29 bits per heavy atom. The highest BCUT2D eigenvalue weighted by atomic mass is 32.2. The lowest BCUT2D eigenvalue weighted by Gasteiger charge is -2.31. The van der Waals surface area contributed by atoms with Crippen molar-refractivity contribution in [2.24, 2.45) is 0 Å². The number of benzene rings is 1. The summed E-state index contributed by atoms with van der Waals surface area (Å²) in [7, 11) is 4.12. The molecule has 0 radical (unpaired) electrons. The number of thioether (sulfide) groups is 1. The van der Waals surface area contributed by atoms with Crippen molar-refractivity contribution in [3.63, 3.8) is 0 Å². The number of nitrogens with one attached hydrogen (secondary N) is 1. The Hall–Kier alpha value is -1.20. The van der Waals surface area contributed by atoms with E-state index in [0.717, 1.165) is 42.3 Å².